The number of hydrogen-bond donors (Lipinski definition) is 0. The molecule has 1 saturated heterocycles. The molecule has 0 bridgehead atoms. The summed E-state index contributed by atoms with van der Waals surface area (Å²) in [6.07, 6.45) is 4.21. The summed E-state index contributed by atoms with van der Waals surface area (Å²) in [5, 5.41) is 0. The van der Waals surface area contributed by atoms with Crippen molar-refractivity contribution in [3.63, 3.8) is 0 Å². The van der Waals surface area contributed by atoms with E-state index in [9.17, 15) is 24.0 Å². The molecule has 2 rings (SSSR count). The zero-order valence-corrected chi connectivity index (χ0v) is 19.7. The Hall–Kier alpha value is -1.95. The van der Waals surface area contributed by atoms with Gasteiger partial charge in [0.2, 0.25) is 0 Å². The van der Waals surface area contributed by atoms with Crippen molar-refractivity contribution in [3.05, 3.63) is 11.1 Å². The van der Waals surface area contributed by atoms with Crippen molar-refractivity contribution in [1.29, 1.82) is 0 Å². The molecule has 0 N–H and O–H groups in total. The second-order valence-corrected chi connectivity index (χ2v) is 10.0. The molecule has 1 aliphatic heterocycles. The van der Waals surface area contributed by atoms with Crippen molar-refractivity contribution in [3.8, 4) is 0 Å². The Bertz CT molecular complexity index is 792. The minimum atomic E-state index is -0.912. The highest BCUT2D eigenvalue weighted by Crippen LogP contribution is 2.42. The number of carbonyl (C=O) groups is 5. The number of carbonyl (C=O) groups excluding carboxylic acids is 5. The summed E-state index contributed by atoms with van der Waals surface area (Å²) in [4.78, 5) is 63.7. The van der Waals surface area contributed by atoms with E-state index in [1.165, 1.54) is 12.5 Å². The standard InChI is InChI=1S/C25H37NO5/c1-16-8-6-10-25(4,5)20(16)12-21(28)17(2)22(29)13-23(30)18(3)24(31)15-26-11-7-9-19(27)14-26/h17-18H,6-15H2,1-5H3. The first-order chi connectivity index (χ1) is 14.4. The predicted octanol–water partition coefficient (Wildman–Crippen LogP) is 3.51. The number of Topliss-reactive ketones (excluding diaryl/α,β-unsaturated/α-hetero) is 5. The molecule has 6 nitrogen and oxygen atoms in total. The molecule has 1 fully saturated rings. The lowest BCUT2D eigenvalue weighted by Crippen LogP contribution is -2.41. The largest absolute Gasteiger partial charge is 0.299 e. The lowest BCUT2D eigenvalue weighted by molar-refractivity contribution is -0.136. The minimum absolute atomic E-state index is 0.0455. The molecule has 172 valence electrons. The summed E-state index contributed by atoms with van der Waals surface area (Å²) >= 11 is 0. The summed E-state index contributed by atoms with van der Waals surface area (Å²) in [5.41, 5.74) is 2.30. The van der Waals surface area contributed by atoms with Crippen LogP contribution in [-0.4, -0.2) is 53.5 Å². The van der Waals surface area contributed by atoms with Crippen LogP contribution >= 0.6 is 0 Å². The van der Waals surface area contributed by atoms with Crippen LogP contribution in [-0.2, 0) is 24.0 Å². The van der Waals surface area contributed by atoms with Gasteiger partial charge in [0, 0.05) is 12.8 Å². The average Bonchev–Trinajstić information content (AvgIpc) is 2.69. The second kappa shape index (κ2) is 10.6. The van der Waals surface area contributed by atoms with Gasteiger partial charge in [-0.1, -0.05) is 25.0 Å². The van der Waals surface area contributed by atoms with Gasteiger partial charge in [-0.05, 0) is 58.4 Å². The van der Waals surface area contributed by atoms with Gasteiger partial charge in [0.05, 0.1) is 31.3 Å². The molecule has 0 aromatic carbocycles. The van der Waals surface area contributed by atoms with E-state index in [-0.39, 0.29) is 42.3 Å². The highest BCUT2D eigenvalue weighted by atomic mass is 16.2. The van der Waals surface area contributed by atoms with E-state index in [4.69, 9.17) is 0 Å². The van der Waals surface area contributed by atoms with Gasteiger partial charge in [-0.2, -0.15) is 0 Å². The van der Waals surface area contributed by atoms with Crippen molar-refractivity contribution in [1.82, 2.24) is 4.90 Å². The number of ketones is 5. The van der Waals surface area contributed by atoms with Gasteiger partial charge >= 0.3 is 0 Å². The van der Waals surface area contributed by atoms with Gasteiger partial charge in [-0.15, -0.1) is 0 Å². The zero-order valence-electron chi connectivity index (χ0n) is 19.7. The Labute approximate surface area is 185 Å². The van der Waals surface area contributed by atoms with Crippen LogP contribution in [0, 0.1) is 17.3 Å². The van der Waals surface area contributed by atoms with E-state index >= 15 is 0 Å². The van der Waals surface area contributed by atoms with E-state index in [1.54, 1.807) is 11.8 Å². The van der Waals surface area contributed by atoms with Gasteiger partial charge in [0.25, 0.3) is 0 Å². The van der Waals surface area contributed by atoms with Crippen LogP contribution in [0.4, 0.5) is 0 Å². The van der Waals surface area contributed by atoms with Crippen LogP contribution < -0.4 is 0 Å². The molecule has 0 aromatic heterocycles. The molecule has 2 atom stereocenters. The molecule has 0 saturated carbocycles. The molecule has 31 heavy (non-hydrogen) atoms. The number of likely N-dealkylation sites (tertiary alicyclic amines) is 1. The van der Waals surface area contributed by atoms with E-state index in [1.807, 2.05) is 0 Å². The summed E-state index contributed by atoms with van der Waals surface area (Å²) in [6.45, 7) is 10.4. The Balaban J connectivity index is 1.90. The third-order valence-electron chi connectivity index (χ3n) is 7.03. The van der Waals surface area contributed by atoms with Crippen molar-refractivity contribution in [2.24, 2.45) is 17.3 Å². The van der Waals surface area contributed by atoms with E-state index < -0.39 is 29.8 Å². The summed E-state index contributed by atoms with van der Waals surface area (Å²) in [5.74, 6) is -2.98. The predicted molar refractivity (Wildman–Crippen MR) is 119 cm³/mol. The number of rotatable bonds is 10. The first-order valence-corrected chi connectivity index (χ1v) is 11.5. The van der Waals surface area contributed by atoms with Crippen LogP contribution in [0.1, 0.15) is 79.6 Å². The van der Waals surface area contributed by atoms with Gasteiger partial charge in [-0.3, -0.25) is 28.9 Å². The van der Waals surface area contributed by atoms with Crippen LogP contribution in [0.2, 0.25) is 0 Å². The van der Waals surface area contributed by atoms with Crippen LogP contribution in [0.15, 0.2) is 11.1 Å². The number of piperidine rings is 1. The van der Waals surface area contributed by atoms with Gasteiger partial charge in [0.1, 0.15) is 23.1 Å². The maximum Gasteiger partial charge on any atom is 0.157 e. The van der Waals surface area contributed by atoms with Crippen molar-refractivity contribution >= 4 is 28.9 Å². The van der Waals surface area contributed by atoms with Crippen molar-refractivity contribution in [2.75, 3.05) is 19.6 Å². The van der Waals surface area contributed by atoms with Gasteiger partial charge in [0.15, 0.2) is 5.78 Å². The van der Waals surface area contributed by atoms with Crippen LogP contribution in [0.3, 0.4) is 0 Å². The molecular weight excluding hydrogens is 394 g/mol. The monoisotopic (exact) mass is 431 g/mol. The maximum atomic E-state index is 12.8. The van der Waals surface area contributed by atoms with E-state index in [0.717, 1.165) is 31.3 Å². The molecule has 2 aliphatic rings. The zero-order chi connectivity index (χ0) is 23.3. The molecule has 1 aliphatic carbocycles. The molecular formula is C25H37NO5. The van der Waals surface area contributed by atoms with Crippen LogP contribution in [0.5, 0.6) is 0 Å². The fourth-order valence-corrected chi connectivity index (χ4v) is 4.63. The highest BCUT2D eigenvalue weighted by Gasteiger charge is 2.33. The third kappa shape index (κ3) is 6.76. The van der Waals surface area contributed by atoms with Crippen molar-refractivity contribution < 1.29 is 24.0 Å². The van der Waals surface area contributed by atoms with Crippen LogP contribution in [0.25, 0.3) is 0 Å². The minimum Gasteiger partial charge on any atom is -0.299 e. The smallest absolute Gasteiger partial charge is 0.157 e. The molecule has 6 heteroatoms. The summed E-state index contributed by atoms with van der Waals surface area (Å²) in [7, 11) is 0. The Morgan fingerprint density at radius 1 is 0.935 bits per heavy atom. The third-order valence-corrected chi connectivity index (χ3v) is 7.03. The van der Waals surface area contributed by atoms with Crippen molar-refractivity contribution in [2.45, 2.75) is 79.6 Å². The molecule has 0 radical (unpaired) electrons. The van der Waals surface area contributed by atoms with E-state index in [0.29, 0.717) is 13.0 Å². The quantitative estimate of drug-likeness (QED) is 0.388. The van der Waals surface area contributed by atoms with Gasteiger partial charge in [-0.25, -0.2) is 0 Å². The number of allylic oxidation sites excluding steroid dienone is 2. The molecule has 2 unspecified atom stereocenters. The molecule has 0 aromatic rings. The van der Waals surface area contributed by atoms with E-state index in [2.05, 4.69) is 20.8 Å². The molecule has 0 amide bonds. The molecule has 1 heterocycles. The van der Waals surface area contributed by atoms with Gasteiger partial charge < -0.3 is 0 Å². The lowest BCUT2D eigenvalue weighted by Gasteiger charge is -2.34. The SMILES string of the molecule is CC1=C(CC(=O)C(C)C(=O)CC(=O)C(C)C(=O)CN2CCCC(=O)C2)C(C)(C)CCC1. The Kier molecular flexibility index (Phi) is 8.64. The average molecular weight is 432 g/mol. The Morgan fingerprint density at radius 3 is 2.13 bits per heavy atom. The second-order valence-electron chi connectivity index (χ2n) is 10.0. The fraction of sp³-hybridized carbons (Fsp3) is 0.720. The summed E-state index contributed by atoms with van der Waals surface area (Å²) in [6, 6.07) is 0. The summed E-state index contributed by atoms with van der Waals surface area (Å²) < 4.78 is 0. The normalized spacial score (nSPS) is 21.5. The first-order valence-electron chi connectivity index (χ1n) is 11.5. The fourth-order valence-electron chi connectivity index (χ4n) is 4.63. The Morgan fingerprint density at radius 2 is 1.55 bits per heavy atom. The maximum absolute atomic E-state index is 12.8. The number of nitrogens with zero attached hydrogens (tertiary/aromatic N) is 1. The number of hydrogen-bond acceptors (Lipinski definition) is 6. The first kappa shape index (κ1) is 25.3. The molecule has 0 spiro atoms. The lowest BCUT2D eigenvalue weighted by atomic mass is 9.70. The topological polar surface area (TPSA) is 88.6 Å². The highest BCUT2D eigenvalue weighted by molar-refractivity contribution is 6.14.